The first-order chi connectivity index (χ1) is 11.2. The Balaban J connectivity index is 1.58. The van der Waals surface area contributed by atoms with Gasteiger partial charge in [0.1, 0.15) is 5.75 Å². The largest absolute Gasteiger partial charge is 0.497 e. The first kappa shape index (κ1) is 14.9. The highest BCUT2D eigenvalue weighted by Gasteiger charge is 2.05. The molecule has 0 fully saturated rings. The molecule has 3 aromatic rings. The van der Waals surface area contributed by atoms with Gasteiger partial charge in [-0.1, -0.05) is 6.07 Å². The summed E-state index contributed by atoms with van der Waals surface area (Å²) in [6.07, 6.45) is 0.686. The molecule has 0 aliphatic carbocycles. The van der Waals surface area contributed by atoms with Crippen LogP contribution in [-0.4, -0.2) is 29.5 Å². The van der Waals surface area contributed by atoms with Gasteiger partial charge in [0.05, 0.1) is 18.1 Å². The van der Waals surface area contributed by atoms with Crippen molar-refractivity contribution in [1.82, 2.24) is 15.3 Å². The van der Waals surface area contributed by atoms with E-state index in [1.54, 1.807) is 31.4 Å². The minimum Gasteiger partial charge on any atom is -0.497 e. The second-order valence-corrected chi connectivity index (χ2v) is 5.19. The number of H-pyrrole nitrogens is 2. The van der Waals surface area contributed by atoms with Crippen molar-refractivity contribution in [3.05, 3.63) is 64.1 Å². The molecule has 0 atom stereocenters. The molecule has 1 heterocycles. The van der Waals surface area contributed by atoms with Crippen molar-refractivity contribution < 1.29 is 9.53 Å². The molecule has 118 valence electrons. The van der Waals surface area contributed by atoms with Crippen LogP contribution < -0.4 is 15.7 Å². The van der Waals surface area contributed by atoms with Gasteiger partial charge >= 0.3 is 5.69 Å². The summed E-state index contributed by atoms with van der Waals surface area (Å²) in [4.78, 5) is 28.7. The molecule has 0 saturated heterocycles. The van der Waals surface area contributed by atoms with Crippen molar-refractivity contribution in [3.63, 3.8) is 0 Å². The number of rotatable bonds is 5. The van der Waals surface area contributed by atoms with Crippen molar-refractivity contribution >= 4 is 16.9 Å². The van der Waals surface area contributed by atoms with Gasteiger partial charge in [0.25, 0.3) is 5.91 Å². The molecule has 3 N–H and O–H groups in total. The third-order valence-corrected chi connectivity index (χ3v) is 3.63. The van der Waals surface area contributed by atoms with E-state index in [0.29, 0.717) is 18.5 Å². The van der Waals surface area contributed by atoms with E-state index in [-0.39, 0.29) is 11.6 Å². The third-order valence-electron chi connectivity index (χ3n) is 3.63. The van der Waals surface area contributed by atoms with Crippen LogP contribution in [0.25, 0.3) is 11.0 Å². The van der Waals surface area contributed by atoms with Crippen LogP contribution in [0.1, 0.15) is 15.9 Å². The number of aromatic amines is 2. The smallest absolute Gasteiger partial charge is 0.323 e. The molecule has 0 saturated carbocycles. The summed E-state index contributed by atoms with van der Waals surface area (Å²) in [6.45, 7) is 0.519. The lowest BCUT2D eigenvalue weighted by Crippen LogP contribution is -2.25. The second kappa shape index (κ2) is 6.39. The normalized spacial score (nSPS) is 10.7. The van der Waals surface area contributed by atoms with Gasteiger partial charge in [-0.05, 0) is 48.4 Å². The topological polar surface area (TPSA) is 87.0 Å². The number of imidazole rings is 1. The molecule has 0 radical (unpaired) electrons. The summed E-state index contributed by atoms with van der Waals surface area (Å²) in [5.74, 6) is 0.596. The maximum atomic E-state index is 12.0. The lowest BCUT2D eigenvalue weighted by molar-refractivity contribution is 0.0954. The van der Waals surface area contributed by atoms with Gasteiger partial charge in [-0.3, -0.25) is 4.79 Å². The summed E-state index contributed by atoms with van der Waals surface area (Å²) in [7, 11) is 1.59. The van der Waals surface area contributed by atoms with Crippen LogP contribution in [0, 0.1) is 0 Å². The molecule has 1 amide bonds. The number of hydrogen-bond acceptors (Lipinski definition) is 3. The number of benzene rings is 2. The van der Waals surface area contributed by atoms with Gasteiger partial charge in [-0.15, -0.1) is 0 Å². The fourth-order valence-corrected chi connectivity index (χ4v) is 2.40. The number of hydrogen-bond donors (Lipinski definition) is 3. The van der Waals surface area contributed by atoms with E-state index in [1.807, 2.05) is 18.2 Å². The zero-order valence-corrected chi connectivity index (χ0v) is 12.7. The van der Waals surface area contributed by atoms with Crippen LogP contribution in [0.15, 0.2) is 47.3 Å². The monoisotopic (exact) mass is 311 g/mol. The number of carbonyl (C=O) groups is 1. The van der Waals surface area contributed by atoms with Gasteiger partial charge < -0.3 is 20.0 Å². The highest BCUT2D eigenvalue weighted by Crippen LogP contribution is 2.12. The number of aromatic nitrogens is 2. The SMILES string of the molecule is COc1ccc(C(=O)NCCc2ccc3[nH]c(=O)[nH]c3c2)cc1. The maximum absolute atomic E-state index is 12.0. The fourth-order valence-electron chi connectivity index (χ4n) is 2.40. The predicted molar refractivity (Wildman–Crippen MR) is 88.0 cm³/mol. The van der Waals surface area contributed by atoms with E-state index >= 15 is 0 Å². The second-order valence-electron chi connectivity index (χ2n) is 5.19. The molecular weight excluding hydrogens is 294 g/mol. The molecule has 0 aliphatic rings. The molecule has 2 aromatic carbocycles. The quantitative estimate of drug-likeness (QED) is 0.672. The average molecular weight is 311 g/mol. The number of carbonyl (C=O) groups excluding carboxylic acids is 1. The van der Waals surface area contributed by atoms with E-state index in [1.165, 1.54) is 0 Å². The third kappa shape index (κ3) is 3.42. The Hall–Kier alpha value is -3.02. The number of fused-ring (bicyclic) bond motifs is 1. The minimum absolute atomic E-state index is 0.121. The van der Waals surface area contributed by atoms with Crippen LogP contribution in [0.3, 0.4) is 0 Å². The fraction of sp³-hybridized carbons (Fsp3) is 0.176. The van der Waals surface area contributed by atoms with E-state index in [2.05, 4.69) is 15.3 Å². The van der Waals surface area contributed by atoms with E-state index in [9.17, 15) is 9.59 Å². The van der Waals surface area contributed by atoms with Crippen molar-refractivity contribution in [1.29, 1.82) is 0 Å². The van der Waals surface area contributed by atoms with Crippen LogP contribution >= 0.6 is 0 Å². The van der Waals surface area contributed by atoms with Crippen molar-refractivity contribution in [2.75, 3.05) is 13.7 Å². The summed E-state index contributed by atoms with van der Waals surface area (Å²) in [5.41, 5.74) is 2.97. The molecular formula is C17H17N3O3. The molecule has 6 nitrogen and oxygen atoms in total. The van der Waals surface area contributed by atoms with Crippen LogP contribution in [0.2, 0.25) is 0 Å². The first-order valence-electron chi connectivity index (χ1n) is 7.29. The predicted octanol–water partition coefficient (Wildman–Crippen LogP) is 1.84. The Bertz CT molecular complexity index is 878. The molecule has 0 aliphatic heterocycles. The summed E-state index contributed by atoms with van der Waals surface area (Å²) < 4.78 is 5.07. The molecule has 1 aromatic heterocycles. The van der Waals surface area contributed by atoms with E-state index < -0.39 is 0 Å². The number of nitrogens with one attached hydrogen (secondary N) is 3. The van der Waals surface area contributed by atoms with Crippen LogP contribution in [0.5, 0.6) is 5.75 Å². The molecule has 0 spiro atoms. The lowest BCUT2D eigenvalue weighted by Gasteiger charge is -2.06. The van der Waals surface area contributed by atoms with Gasteiger partial charge in [-0.25, -0.2) is 4.79 Å². The van der Waals surface area contributed by atoms with Crippen molar-refractivity contribution in [2.24, 2.45) is 0 Å². The van der Waals surface area contributed by atoms with Crippen molar-refractivity contribution in [2.45, 2.75) is 6.42 Å². The zero-order valence-electron chi connectivity index (χ0n) is 12.7. The number of methoxy groups -OCH3 is 1. The van der Waals surface area contributed by atoms with Gasteiger partial charge in [0, 0.05) is 12.1 Å². The standard InChI is InChI=1S/C17H17N3O3/c1-23-13-5-3-12(4-6-13)16(21)18-9-8-11-2-7-14-15(10-11)20-17(22)19-14/h2-7,10H,8-9H2,1H3,(H,18,21)(H2,19,20,22). The molecule has 0 bridgehead atoms. The van der Waals surface area contributed by atoms with Gasteiger partial charge in [0.2, 0.25) is 0 Å². The Labute approximate surface area is 132 Å². The van der Waals surface area contributed by atoms with E-state index in [0.717, 1.165) is 22.3 Å². The summed E-state index contributed by atoms with van der Waals surface area (Å²) in [6, 6.07) is 12.7. The van der Waals surface area contributed by atoms with Crippen molar-refractivity contribution in [3.8, 4) is 5.75 Å². The molecule has 23 heavy (non-hydrogen) atoms. The van der Waals surface area contributed by atoms with Crippen LogP contribution in [-0.2, 0) is 6.42 Å². The Kier molecular flexibility index (Phi) is 4.14. The zero-order chi connectivity index (χ0) is 16.2. The van der Waals surface area contributed by atoms with Gasteiger partial charge in [-0.2, -0.15) is 0 Å². The Morgan fingerprint density at radius 1 is 1.09 bits per heavy atom. The first-order valence-corrected chi connectivity index (χ1v) is 7.29. The average Bonchev–Trinajstić information content (AvgIpc) is 2.94. The number of amides is 1. The molecule has 3 rings (SSSR count). The number of ether oxygens (including phenoxy) is 1. The lowest BCUT2D eigenvalue weighted by atomic mass is 10.1. The highest BCUT2D eigenvalue weighted by atomic mass is 16.5. The Morgan fingerprint density at radius 3 is 2.57 bits per heavy atom. The Morgan fingerprint density at radius 2 is 1.83 bits per heavy atom. The van der Waals surface area contributed by atoms with Gasteiger partial charge in [0.15, 0.2) is 0 Å². The highest BCUT2D eigenvalue weighted by molar-refractivity contribution is 5.94. The van der Waals surface area contributed by atoms with Crippen LogP contribution in [0.4, 0.5) is 0 Å². The molecule has 6 heteroatoms. The summed E-state index contributed by atoms with van der Waals surface area (Å²) in [5, 5.41) is 2.88. The summed E-state index contributed by atoms with van der Waals surface area (Å²) >= 11 is 0. The minimum atomic E-state index is -0.218. The van der Waals surface area contributed by atoms with E-state index in [4.69, 9.17) is 4.74 Å². The maximum Gasteiger partial charge on any atom is 0.323 e. The molecule has 0 unspecified atom stereocenters.